The molecule has 0 atom stereocenters. The maximum absolute atomic E-state index is 13.6. The summed E-state index contributed by atoms with van der Waals surface area (Å²) in [4.78, 5) is 12.1. The second-order valence-electron chi connectivity index (χ2n) is 5.73. The van der Waals surface area contributed by atoms with E-state index in [1.165, 1.54) is 12.1 Å². The lowest BCUT2D eigenvalue weighted by Crippen LogP contribution is -2.38. The summed E-state index contributed by atoms with van der Waals surface area (Å²) in [6, 6.07) is 2.91. The van der Waals surface area contributed by atoms with Crippen LogP contribution in [-0.4, -0.2) is 32.3 Å². The van der Waals surface area contributed by atoms with Gasteiger partial charge in [-0.2, -0.15) is 0 Å². The summed E-state index contributed by atoms with van der Waals surface area (Å²) in [6.45, 7) is 2.82. The second-order valence-corrected chi connectivity index (χ2v) is 5.73. The number of carbonyl (C=O) groups is 1. The molecule has 1 saturated heterocycles. The second kappa shape index (κ2) is 8.47. The van der Waals surface area contributed by atoms with E-state index in [-0.39, 0.29) is 36.8 Å². The predicted molar refractivity (Wildman–Crippen MR) is 86.2 cm³/mol. The lowest BCUT2D eigenvalue weighted by atomic mass is 9.97. The van der Waals surface area contributed by atoms with E-state index in [4.69, 9.17) is 9.47 Å². The van der Waals surface area contributed by atoms with Crippen LogP contribution >= 0.6 is 12.4 Å². The van der Waals surface area contributed by atoms with Crippen molar-refractivity contribution >= 4 is 18.3 Å². The molecule has 0 spiro atoms. The molecule has 0 unspecified atom stereocenters. The molecule has 0 bridgehead atoms. The third-order valence-electron chi connectivity index (χ3n) is 4.16. The van der Waals surface area contributed by atoms with Gasteiger partial charge in [0.05, 0.1) is 6.61 Å². The number of benzene rings is 1. The first kappa shape index (κ1) is 18.0. The Morgan fingerprint density at radius 2 is 2.13 bits per heavy atom. The maximum atomic E-state index is 13.6. The van der Waals surface area contributed by atoms with E-state index in [1.807, 2.05) is 0 Å². The Hall–Kier alpha value is -1.37. The summed E-state index contributed by atoms with van der Waals surface area (Å²) < 4.78 is 24.3. The Morgan fingerprint density at radius 3 is 2.91 bits per heavy atom. The van der Waals surface area contributed by atoms with Crippen LogP contribution < -0.4 is 15.4 Å². The number of hydrogen-bond acceptors (Lipinski definition) is 4. The molecular formula is C16H22ClFN2O3. The Bertz CT molecular complexity index is 550. The Kier molecular flexibility index (Phi) is 6.62. The molecule has 2 heterocycles. The molecule has 128 valence electrons. The first-order valence-electron chi connectivity index (χ1n) is 7.74. The van der Waals surface area contributed by atoms with Gasteiger partial charge in [-0.3, -0.25) is 4.79 Å². The van der Waals surface area contributed by atoms with Gasteiger partial charge in [0.2, 0.25) is 5.91 Å². The van der Waals surface area contributed by atoms with Crippen LogP contribution in [0.25, 0.3) is 0 Å². The fourth-order valence-electron chi connectivity index (χ4n) is 2.99. The van der Waals surface area contributed by atoms with Crippen molar-refractivity contribution in [3.8, 4) is 5.75 Å². The number of ether oxygens (including phenoxy) is 2. The number of halogens is 2. The lowest BCUT2D eigenvalue weighted by Gasteiger charge is -2.23. The molecule has 5 nitrogen and oxygen atoms in total. The number of fused-ring (bicyclic) bond motifs is 1. The molecule has 2 aliphatic rings. The smallest absolute Gasteiger partial charge is 0.223 e. The minimum atomic E-state index is -0.299. The van der Waals surface area contributed by atoms with Gasteiger partial charge in [0.15, 0.2) is 6.79 Å². The summed E-state index contributed by atoms with van der Waals surface area (Å²) in [5.74, 6) is 0.583. The Labute approximate surface area is 141 Å². The predicted octanol–water partition coefficient (Wildman–Crippen LogP) is 1.77. The number of rotatable bonds is 4. The van der Waals surface area contributed by atoms with Crippen LogP contribution in [-0.2, 0) is 22.6 Å². The van der Waals surface area contributed by atoms with Gasteiger partial charge in [0.1, 0.15) is 11.6 Å². The van der Waals surface area contributed by atoms with Gasteiger partial charge in [0, 0.05) is 18.0 Å². The first-order valence-corrected chi connectivity index (χ1v) is 7.74. The molecule has 1 fully saturated rings. The highest BCUT2D eigenvalue weighted by Crippen LogP contribution is 2.29. The van der Waals surface area contributed by atoms with Gasteiger partial charge >= 0.3 is 0 Å². The van der Waals surface area contributed by atoms with Crippen molar-refractivity contribution in [3.05, 3.63) is 29.1 Å². The quantitative estimate of drug-likeness (QED) is 0.874. The van der Waals surface area contributed by atoms with Crippen LogP contribution in [0.3, 0.4) is 0 Å². The molecule has 1 amide bonds. The molecule has 0 saturated carbocycles. The molecule has 0 aromatic heterocycles. The molecule has 3 rings (SSSR count). The summed E-state index contributed by atoms with van der Waals surface area (Å²) in [7, 11) is 0. The third-order valence-corrected chi connectivity index (χ3v) is 4.16. The number of nitrogens with one attached hydrogen (secondary N) is 2. The fourth-order valence-corrected chi connectivity index (χ4v) is 2.99. The van der Waals surface area contributed by atoms with Crippen molar-refractivity contribution in [3.63, 3.8) is 0 Å². The molecule has 2 aliphatic heterocycles. The normalized spacial score (nSPS) is 17.6. The summed E-state index contributed by atoms with van der Waals surface area (Å²) in [5, 5.41) is 6.19. The number of piperidine rings is 1. The zero-order valence-corrected chi connectivity index (χ0v) is 13.7. The highest BCUT2D eigenvalue weighted by Gasteiger charge is 2.21. The van der Waals surface area contributed by atoms with Crippen molar-refractivity contribution in [2.45, 2.75) is 25.9 Å². The summed E-state index contributed by atoms with van der Waals surface area (Å²) in [6.07, 6.45) is 2.31. The summed E-state index contributed by atoms with van der Waals surface area (Å²) >= 11 is 0. The monoisotopic (exact) mass is 344 g/mol. The van der Waals surface area contributed by atoms with Crippen molar-refractivity contribution in [2.75, 3.05) is 26.4 Å². The SMILES string of the molecule is Cl.O=C(NCCc1cc(F)cc2c1OCOC2)C1CCNCC1. The van der Waals surface area contributed by atoms with Crippen LogP contribution in [0.4, 0.5) is 4.39 Å². The van der Waals surface area contributed by atoms with E-state index in [9.17, 15) is 9.18 Å². The molecule has 0 aliphatic carbocycles. The van der Waals surface area contributed by atoms with Crippen molar-refractivity contribution in [1.82, 2.24) is 10.6 Å². The van der Waals surface area contributed by atoms with Gasteiger partial charge in [0.25, 0.3) is 0 Å². The van der Waals surface area contributed by atoms with E-state index in [2.05, 4.69) is 10.6 Å². The van der Waals surface area contributed by atoms with E-state index >= 15 is 0 Å². The van der Waals surface area contributed by atoms with Crippen LogP contribution in [0, 0.1) is 11.7 Å². The minimum Gasteiger partial charge on any atom is -0.467 e. The molecule has 1 aromatic rings. The maximum Gasteiger partial charge on any atom is 0.223 e. The minimum absolute atomic E-state index is 0. The van der Waals surface area contributed by atoms with Gasteiger partial charge in [-0.25, -0.2) is 4.39 Å². The summed E-state index contributed by atoms with van der Waals surface area (Å²) in [5.41, 5.74) is 1.51. The molecule has 1 aromatic carbocycles. The molecule has 23 heavy (non-hydrogen) atoms. The zero-order chi connectivity index (χ0) is 15.4. The van der Waals surface area contributed by atoms with Crippen LogP contribution in [0.1, 0.15) is 24.0 Å². The number of hydrogen-bond donors (Lipinski definition) is 2. The largest absolute Gasteiger partial charge is 0.467 e. The first-order chi connectivity index (χ1) is 10.7. The highest BCUT2D eigenvalue weighted by atomic mass is 35.5. The van der Waals surface area contributed by atoms with Gasteiger partial charge in [-0.15, -0.1) is 12.4 Å². The van der Waals surface area contributed by atoms with Gasteiger partial charge in [-0.1, -0.05) is 0 Å². The molecule has 7 heteroatoms. The number of amides is 1. The standard InChI is InChI=1S/C16H21FN2O3.ClH/c17-14-7-12(15-13(8-14)9-21-10-22-15)3-6-19-16(20)11-1-4-18-5-2-11;/h7-8,11,18H,1-6,9-10H2,(H,19,20);1H. The zero-order valence-electron chi connectivity index (χ0n) is 12.9. The van der Waals surface area contributed by atoms with E-state index in [0.717, 1.165) is 37.1 Å². The average Bonchev–Trinajstić information content (AvgIpc) is 2.55. The lowest BCUT2D eigenvalue weighted by molar-refractivity contribution is -0.125. The van der Waals surface area contributed by atoms with E-state index < -0.39 is 0 Å². The van der Waals surface area contributed by atoms with Gasteiger partial charge in [-0.05, 0) is 50.0 Å². The molecular weight excluding hydrogens is 323 g/mol. The van der Waals surface area contributed by atoms with E-state index in [1.54, 1.807) is 0 Å². The fraction of sp³-hybridized carbons (Fsp3) is 0.562. The van der Waals surface area contributed by atoms with Crippen molar-refractivity contribution in [2.24, 2.45) is 5.92 Å². The van der Waals surface area contributed by atoms with Gasteiger partial charge < -0.3 is 20.1 Å². The third kappa shape index (κ3) is 4.56. The van der Waals surface area contributed by atoms with Crippen molar-refractivity contribution in [1.29, 1.82) is 0 Å². The topological polar surface area (TPSA) is 59.6 Å². The van der Waals surface area contributed by atoms with Crippen LogP contribution in [0.5, 0.6) is 5.75 Å². The van der Waals surface area contributed by atoms with E-state index in [0.29, 0.717) is 25.3 Å². The number of carbonyl (C=O) groups excluding carboxylic acids is 1. The Morgan fingerprint density at radius 1 is 1.35 bits per heavy atom. The van der Waals surface area contributed by atoms with Crippen LogP contribution in [0.15, 0.2) is 12.1 Å². The highest BCUT2D eigenvalue weighted by molar-refractivity contribution is 5.85. The molecule has 0 radical (unpaired) electrons. The average molecular weight is 345 g/mol. The molecule has 2 N–H and O–H groups in total. The van der Waals surface area contributed by atoms with Crippen molar-refractivity contribution < 1.29 is 18.7 Å². The van der Waals surface area contributed by atoms with Crippen LogP contribution in [0.2, 0.25) is 0 Å². The Balaban J connectivity index is 0.00000192.